The van der Waals surface area contributed by atoms with E-state index in [1.54, 1.807) is 9.80 Å². The number of carbonyl (C=O) groups excluding carboxylic acids is 2. The molecule has 0 bridgehead atoms. The van der Waals surface area contributed by atoms with Crippen molar-refractivity contribution in [3.8, 4) is 5.69 Å². The van der Waals surface area contributed by atoms with Crippen molar-refractivity contribution in [2.45, 2.75) is 52.7 Å². The van der Waals surface area contributed by atoms with Gasteiger partial charge in [0, 0.05) is 61.3 Å². The lowest BCUT2D eigenvalue weighted by atomic mass is 10.0. The lowest BCUT2D eigenvalue weighted by Gasteiger charge is -2.36. The monoisotopic (exact) mass is 551 g/mol. The maximum absolute atomic E-state index is 13.6. The molecule has 2 amide bonds. The minimum Gasteiger partial charge on any atom is -0.444 e. The molecule has 0 radical (unpaired) electrons. The summed E-state index contributed by atoms with van der Waals surface area (Å²) in [7, 11) is 2.00. The fourth-order valence-electron chi connectivity index (χ4n) is 5.06. The van der Waals surface area contributed by atoms with E-state index in [1.807, 2.05) is 63.6 Å². The topological polar surface area (TPSA) is 97.9 Å². The average molecular weight is 552 g/mol. The number of hydrogen-bond acceptors (Lipinski definition) is 6. The van der Waals surface area contributed by atoms with E-state index >= 15 is 0 Å². The van der Waals surface area contributed by atoms with Gasteiger partial charge in [-0.15, -0.1) is 10.2 Å². The van der Waals surface area contributed by atoms with Gasteiger partial charge >= 0.3 is 6.09 Å². The molecular formula is C28H34ClN7O3. The third kappa shape index (κ3) is 5.30. The molecule has 1 saturated heterocycles. The molecule has 2 aliphatic heterocycles. The third-order valence-corrected chi connectivity index (χ3v) is 7.40. The smallest absolute Gasteiger partial charge is 0.410 e. The number of piperazine rings is 1. The number of rotatable bonds is 3. The van der Waals surface area contributed by atoms with Gasteiger partial charge in [0.15, 0.2) is 5.82 Å². The Morgan fingerprint density at radius 3 is 2.31 bits per heavy atom. The number of ether oxygens (including phenoxy) is 1. The lowest BCUT2D eigenvalue weighted by Crippen LogP contribution is -2.51. The van der Waals surface area contributed by atoms with Crippen molar-refractivity contribution in [2.24, 2.45) is 12.0 Å². The minimum absolute atomic E-state index is 0.0425. The molecule has 3 aromatic rings. The number of carbonyl (C=O) groups is 2. The van der Waals surface area contributed by atoms with Gasteiger partial charge in [-0.05, 0) is 46.8 Å². The standard InChI is InChI=1S/C28H34ClN7O3/c1-17-24-22(16-33(17)6)36-18(2)31-32-26(36)21(30-25(24)19-7-9-20(29)10-8-19)15-23(37)34-11-13-35(14-12-34)27(38)39-28(3,4)5/h7-10,16,21H,11-15H2,1-6H3/t21-/m0/s1. The Morgan fingerprint density at radius 2 is 1.67 bits per heavy atom. The Balaban J connectivity index is 1.44. The second-order valence-corrected chi connectivity index (χ2v) is 11.5. The van der Waals surface area contributed by atoms with Crippen molar-refractivity contribution >= 4 is 29.3 Å². The van der Waals surface area contributed by atoms with Crippen LogP contribution in [0.1, 0.15) is 61.7 Å². The number of halogens is 1. The number of aryl methyl sites for hydroxylation is 2. The Labute approximate surface area is 233 Å². The van der Waals surface area contributed by atoms with E-state index in [2.05, 4.69) is 27.9 Å². The predicted molar refractivity (Wildman–Crippen MR) is 149 cm³/mol. The van der Waals surface area contributed by atoms with Crippen LogP contribution in [0.4, 0.5) is 4.79 Å². The van der Waals surface area contributed by atoms with Crippen LogP contribution in [0, 0.1) is 13.8 Å². The maximum atomic E-state index is 13.6. The molecule has 0 aliphatic carbocycles. The molecule has 5 rings (SSSR count). The Bertz CT molecular complexity index is 1440. The van der Waals surface area contributed by atoms with Gasteiger partial charge in [-0.1, -0.05) is 23.7 Å². The summed E-state index contributed by atoms with van der Waals surface area (Å²) in [6, 6.07) is 7.05. The average Bonchev–Trinajstić information content (AvgIpc) is 3.35. The quantitative estimate of drug-likeness (QED) is 0.485. The zero-order valence-electron chi connectivity index (χ0n) is 23.2. The van der Waals surface area contributed by atoms with E-state index in [1.165, 1.54) is 0 Å². The molecule has 2 aromatic heterocycles. The molecule has 1 aromatic carbocycles. The minimum atomic E-state index is -0.562. The van der Waals surface area contributed by atoms with E-state index in [9.17, 15) is 9.59 Å². The summed E-state index contributed by atoms with van der Waals surface area (Å²) in [5.41, 5.74) is 4.09. The molecular weight excluding hydrogens is 518 g/mol. The van der Waals surface area contributed by atoms with Crippen molar-refractivity contribution in [2.75, 3.05) is 26.2 Å². The fourth-order valence-corrected chi connectivity index (χ4v) is 5.19. The van der Waals surface area contributed by atoms with Gasteiger partial charge in [-0.25, -0.2) is 4.79 Å². The first kappa shape index (κ1) is 26.9. The summed E-state index contributed by atoms with van der Waals surface area (Å²) in [4.78, 5) is 34.6. The fraction of sp³-hybridized carbons (Fsp3) is 0.464. The van der Waals surface area contributed by atoms with Gasteiger partial charge in [-0.2, -0.15) is 0 Å². The van der Waals surface area contributed by atoms with E-state index in [-0.39, 0.29) is 18.4 Å². The van der Waals surface area contributed by atoms with Crippen LogP contribution in [-0.2, 0) is 16.6 Å². The molecule has 2 aliphatic rings. The number of nitrogens with zero attached hydrogens (tertiary/aromatic N) is 7. The first-order chi connectivity index (χ1) is 18.4. The number of hydrogen-bond donors (Lipinski definition) is 0. The summed E-state index contributed by atoms with van der Waals surface area (Å²) in [6.07, 6.45) is 1.83. The van der Waals surface area contributed by atoms with Crippen LogP contribution in [-0.4, -0.2) is 78.6 Å². The summed E-state index contributed by atoms with van der Waals surface area (Å²) in [5.74, 6) is 1.32. The summed E-state index contributed by atoms with van der Waals surface area (Å²) < 4.78 is 9.56. The van der Waals surface area contributed by atoms with E-state index in [0.29, 0.717) is 37.0 Å². The molecule has 39 heavy (non-hydrogen) atoms. The molecule has 1 fully saturated rings. The number of aliphatic imine (C=N–C) groups is 1. The van der Waals surface area contributed by atoms with Crippen molar-refractivity contribution in [3.05, 3.63) is 64.0 Å². The zero-order chi connectivity index (χ0) is 28.1. The van der Waals surface area contributed by atoms with Crippen molar-refractivity contribution in [1.82, 2.24) is 29.1 Å². The molecule has 11 heteroatoms. The SMILES string of the molecule is Cc1c2c(cn1C)-n1c(C)nnc1[C@H](CC(=O)N1CCN(C(=O)OC(C)(C)C)CC1)N=C2c1ccc(Cl)cc1. The second kappa shape index (κ2) is 10.1. The van der Waals surface area contributed by atoms with Crippen LogP contribution in [0.25, 0.3) is 5.69 Å². The van der Waals surface area contributed by atoms with Gasteiger partial charge in [0.2, 0.25) is 5.91 Å². The van der Waals surface area contributed by atoms with E-state index in [4.69, 9.17) is 21.3 Å². The highest BCUT2D eigenvalue weighted by Crippen LogP contribution is 2.35. The van der Waals surface area contributed by atoms with Gasteiger partial charge in [0.05, 0.1) is 17.8 Å². The van der Waals surface area contributed by atoms with Crippen LogP contribution in [0.2, 0.25) is 5.02 Å². The van der Waals surface area contributed by atoms with E-state index in [0.717, 1.165) is 34.0 Å². The molecule has 0 unspecified atom stereocenters. The highest BCUT2D eigenvalue weighted by atomic mass is 35.5. The number of fused-ring (bicyclic) bond motifs is 3. The Morgan fingerprint density at radius 1 is 1.03 bits per heavy atom. The zero-order valence-corrected chi connectivity index (χ0v) is 24.0. The largest absolute Gasteiger partial charge is 0.444 e. The summed E-state index contributed by atoms with van der Waals surface area (Å²) >= 11 is 6.19. The van der Waals surface area contributed by atoms with Gasteiger partial charge in [0.25, 0.3) is 0 Å². The predicted octanol–water partition coefficient (Wildman–Crippen LogP) is 4.24. The Hall–Kier alpha value is -3.66. The normalized spacial score (nSPS) is 17.3. The third-order valence-electron chi connectivity index (χ3n) is 7.14. The molecule has 10 nitrogen and oxygen atoms in total. The van der Waals surface area contributed by atoms with Crippen molar-refractivity contribution in [3.63, 3.8) is 0 Å². The van der Waals surface area contributed by atoms with Crippen LogP contribution in [0.5, 0.6) is 0 Å². The number of aromatic nitrogens is 4. The molecule has 1 atom stereocenters. The van der Waals surface area contributed by atoms with Crippen LogP contribution in [0.15, 0.2) is 35.5 Å². The molecule has 0 N–H and O–H groups in total. The maximum Gasteiger partial charge on any atom is 0.410 e. The van der Waals surface area contributed by atoms with Crippen LogP contribution in [0.3, 0.4) is 0 Å². The summed E-state index contributed by atoms with van der Waals surface area (Å²) in [6.45, 7) is 11.2. The van der Waals surface area contributed by atoms with Crippen molar-refractivity contribution in [1.29, 1.82) is 0 Å². The van der Waals surface area contributed by atoms with Crippen LogP contribution >= 0.6 is 11.6 Å². The van der Waals surface area contributed by atoms with Gasteiger partial charge in [0.1, 0.15) is 17.5 Å². The highest BCUT2D eigenvalue weighted by Gasteiger charge is 2.34. The first-order valence-electron chi connectivity index (χ1n) is 13.1. The first-order valence-corrected chi connectivity index (χ1v) is 13.5. The van der Waals surface area contributed by atoms with Crippen molar-refractivity contribution < 1.29 is 14.3 Å². The second-order valence-electron chi connectivity index (χ2n) is 11.1. The summed E-state index contributed by atoms with van der Waals surface area (Å²) in [5, 5.41) is 9.47. The number of benzene rings is 1. The van der Waals surface area contributed by atoms with E-state index < -0.39 is 11.6 Å². The molecule has 206 valence electrons. The highest BCUT2D eigenvalue weighted by molar-refractivity contribution is 6.30. The number of amides is 2. The molecule has 0 saturated carbocycles. The van der Waals surface area contributed by atoms with Crippen LogP contribution < -0.4 is 0 Å². The molecule has 4 heterocycles. The lowest BCUT2D eigenvalue weighted by molar-refractivity contribution is -0.133. The Kier molecular flexibility index (Phi) is 7.00. The molecule has 0 spiro atoms. The van der Waals surface area contributed by atoms with Gasteiger partial charge in [-0.3, -0.25) is 14.4 Å². The van der Waals surface area contributed by atoms with Gasteiger partial charge < -0.3 is 19.1 Å².